The number of hydrogen-bond donors (Lipinski definition) is 1. The van der Waals surface area contributed by atoms with Crippen LogP contribution in [0.5, 0.6) is 11.5 Å². The highest BCUT2D eigenvalue weighted by molar-refractivity contribution is 6.32. The SMILES string of the molecule is C=NC1CC1COc1cc(O)ccc1Cl. The Morgan fingerprint density at radius 3 is 3.07 bits per heavy atom. The van der Waals surface area contributed by atoms with Gasteiger partial charge in [-0.05, 0) is 25.3 Å². The summed E-state index contributed by atoms with van der Waals surface area (Å²) in [5.74, 6) is 1.12. The summed E-state index contributed by atoms with van der Waals surface area (Å²) >= 11 is 5.90. The summed E-state index contributed by atoms with van der Waals surface area (Å²) in [7, 11) is 0. The van der Waals surface area contributed by atoms with E-state index in [0.717, 1.165) is 6.42 Å². The second-order valence-electron chi connectivity index (χ2n) is 3.67. The van der Waals surface area contributed by atoms with Crippen LogP contribution >= 0.6 is 11.6 Å². The van der Waals surface area contributed by atoms with Crippen LogP contribution in [0.25, 0.3) is 0 Å². The maximum Gasteiger partial charge on any atom is 0.141 e. The van der Waals surface area contributed by atoms with Gasteiger partial charge in [-0.3, -0.25) is 4.99 Å². The van der Waals surface area contributed by atoms with Crippen LogP contribution in [0.3, 0.4) is 0 Å². The van der Waals surface area contributed by atoms with E-state index < -0.39 is 0 Å². The van der Waals surface area contributed by atoms with E-state index in [9.17, 15) is 5.11 Å². The lowest BCUT2D eigenvalue weighted by molar-refractivity contribution is 0.296. The molecule has 2 rings (SSSR count). The Balaban J connectivity index is 1.93. The summed E-state index contributed by atoms with van der Waals surface area (Å²) in [5, 5.41) is 9.76. The van der Waals surface area contributed by atoms with E-state index in [1.54, 1.807) is 6.07 Å². The first-order chi connectivity index (χ1) is 7.20. The van der Waals surface area contributed by atoms with Crippen molar-refractivity contribution in [3.8, 4) is 11.5 Å². The van der Waals surface area contributed by atoms with E-state index in [1.807, 2.05) is 0 Å². The lowest BCUT2D eigenvalue weighted by atomic mass is 10.3. The van der Waals surface area contributed by atoms with E-state index >= 15 is 0 Å². The molecule has 3 nitrogen and oxygen atoms in total. The zero-order valence-electron chi connectivity index (χ0n) is 8.19. The summed E-state index contributed by atoms with van der Waals surface area (Å²) in [6.07, 6.45) is 1.03. The molecule has 1 aromatic carbocycles. The minimum absolute atomic E-state index is 0.156. The highest BCUT2D eigenvalue weighted by Crippen LogP contribution is 2.35. The summed E-state index contributed by atoms with van der Waals surface area (Å²) in [5.41, 5.74) is 0. The molecular weight excluding hydrogens is 214 g/mol. The molecule has 0 aliphatic heterocycles. The molecule has 0 radical (unpaired) electrons. The van der Waals surface area contributed by atoms with Gasteiger partial charge in [-0.1, -0.05) is 11.6 Å². The van der Waals surface area contributed by atoms with Crippen LogP contribution in [0.4, 0.5) is 0 Å². The molecule has 2 unspecified atom stereocenters. The van der Waals surface area contributed by atoms with Crippen LogP contribution < -0.4 is 4.74 Å². The molecule has 1 aromatic rings. The first kappa shape index (κ1) is 10.3. The molecule has 1 saturated carbocycles. The zero-order chi connectivity index (χ0) is 10.8. The Hall–Kier alpha value is -1.22. The smallest absolute Gasteiger partial charge is 0.141 e. The van der Waals surface area contributed by atoms with Gasteiger partial charge in [-0.15, -0.1) is 0 Å². The van der Waals surface area contributed by atoms with Gasteiger partial charge in [0.25, 0.3) is 0 Å². The summed E-state index contributed by atoms with van der Waals surface area (Å²) in [6.45, 7) is 4.06. The largest absolute Gasteiger partial charge is 0.508 e. The number of aliphatic imine (C=N–C) groups is 1. The van der Waals surface area contributed by atoms with Crippen molar-refractivity contribution in [2.24, 2.45) is 10.9 Å². The number of hydrogen-bond acceptors (Lipinski definition) is 3. The number of ether oxygens (including phenoxy) is 1. The van der Waals surface area contributed by atoms with Gasteiger partial charge in [0, 0.05) is 12.0 Å². The molecule has 0 amide bonds. The molecule has 0 heterocycles. The van der Waals surface area contributed by atoms with Gasteiger partial charge in [0.15, 0.2) is 0 Å². The molecule has 0 bridgehead atoms. The van der Waals surface area contributed by atoms with Crippen LogP contribution in [0.2, 0.25) is 5.02 Å². The third-order valence-corrected chi connectivity index (χ3v) is 2.80. The Morgan fingerprint density at radius 1 is 1.60 bits per heavy atom. The predicted octanol–water partition coefficient (Wildman–Crippen LogP) is 2.51. The minimum Gasteiger partial charge on any atom is -0.508 e. The maximum atomic E-state index is 9.25. The van der Waals surface area contributed by atoms with Crippen molar-refractivity contribution in [3.05, 3.63) is 23.2 Å². The summed E-state index contributed by atoms with van der Waals surface area (Å²) in [4.78, 5) is 3.92. The number of phenols is 1. The van der Waals surface area contributed by atoms with E-state index in [4.69, 9.17) is 16.3 Å². The summed E-state index contributed by atoms with van der Waals surface area (Å²) in [6, 6.07) is 4.99. The molecule has 1 aliphatic rings. The van der Waals surface area contributed by atoms with Crippen molar-refractivity contribution in [3.63, 3.8) is 0 Å². The number of rotatable bonds is 4. The van der Waals surface area contributed by atoms with Crippen LogP contribution in [-0.4, -0.2) is 24.5 Å². The Morgan fingerprint density at radius 2 is 2.40 bits per heavy atom. The molecule has 1 fully saturated rings. The fraction of sp³-hybridized carbons (Fsp3) is 0.364. The molecule has 4 heteroatoms. The van der Waals surface area contributed by atoms with Crippen molar-refractivity contribution >= 4 is 18.3 Å². The molecular formula is C11H12ClNO2. The number of aromatic hydroxyl groups is 1. The van der Waals surface area contributed by atoms with E-state index in [0.29, 0.717) is 29.3 Å². The fourth-order valence-electron chi connectivity index (χ4n) is 1.43. The fourth-order valence-corrected chi connectivity index (χ4v) is 1.61. The molecule has 0 spiro atoms. The van der Waals surface area contributed by atoms with Gasteiger partial charge in [-0.25, -0.2) is 0 Å². The summed E-state index contributed by atoms with van der Waals surface area (Å²) < 4.78 is 5.49. The van der Waals surface area contributed by atoms with Crippen molar-refractivity contribution in [1.82, 2.24) is 0 Å². The van der Waals surface area contributed by atoms with Gasteiger partial charge >= 0.3 is 0 Å². The molecule has 15 heavy (non-hydrogen) atoms. The highest BCUT2D eigenvalue weighted by atomic mass is 35.5. The Labute approximate surface area is 93.4 Å². The third kappa shape index (κ3) is 2.42. The lowest BCUT2D eigenvalue weighted by Gasteiger charge is -2.07. The highest BCUT2D eigenvalue weighted by Gasteiger charge is 2.36. The average molecular weight is 226 g/mol. The Bertz CT molecular complexity index is 381. The Kier molecular flexibility index (Phi) is 2.82. The van der Waals surface area contributed by atoms with Crippen LogP contribution in [0.15, 0.2) is 23.2 Å². The van der Waals surface area contributed by atoms with E-state index in [-0.39, 0.29) is 5.75 Å². The molecule has 1 aliphatic carbocycles. The predicted molar refractivity (Wildman–Crippen MR) is 60.1 cm³/mol. The minimum atomic E-state index is 0.156. The first-order valence-electron chi connectivity index (χ1n) is 4.78. The van der Waals surface area contributed by atoms with Crippen LogP contribution in [-0.2, 0) is 0 Å². The van der Waals surface area contributed by atoms with Gasteiger partial charge in [0.05, 0.1) is 17.7 Å². The molecule has 1 N–H and O–H groups in total. The number of halogens is 1. The quantitative estimate of drug-likeness (QED) is 0.800. The molecule has 0 aromatic heterocycles. The number of nitrogens with zero attached hydrogens (tertiary/aromatic N) is 1. The monoisotopic (exact) mass is 225 g/mol. The maximum absolute atomic E-state index is 9.25. The van der Waals surface area contributed by atoms with Crippen molar-refractivity contribution < 1.29 is 9.84 Å². The van der Waals surface area contributed by atoms with Gasteiger partial charge < -0.3 is 9.84 Å². The third-order valence-electron chi connectivity index (χ3n) is 2.49. The second-order valence-corrected chi connectivity index (χ2v) is 4.08. The van der Waals surface area contributed by atoms with Gasteiger partial charge in [-0.2, -0.15) is 0 Å². The number of phenolic OH excluding ortho intramolecular Hbond substituents is 1. The second kappa shape index (κ2) is 4.11. The molecule has 2 atom stereocenters. The van der Waals surface area contributed by atoms with Crippen molar-refractivity contribution in [2.75, 3.05) is 6.61 Å². The van der Waals surface area contributed by atoms with Crippen molar-refractivity contribution in [2.45, 2.75) is 12.5 Å². The van der Waals surface area contributed by atoms with Gasteiger partial charge in [0.1, 0.15) is 11.5 Å². The topological polar surface area (TPSA) is 41.8 Å². The standard InChI is InChI=1S/C11H12ClNO2/c1-13-10-4-7(10)6-15-11-5-8(14)2-3-9(11)12/h2-3,5,7,10,14H,1,4,6H2. The first-order valence-corrected chi connectivity index (χ1v) is 5.15. The van der Waals surface area contributed by atoms with Crippen LogP contribution in [0, 0.1) is 5.92 Å². The van der Waals surface area contributed by atoms with Crippen LogP contribution in [0.1, 0.15) is 6.42 Å². The van der Waals surface area contributed by atoms with Gasteiger partial charge in [0.2, 0.25) is 0 Å². The van der Waals surface area contributed by atoms with Crippen molar-refractivity contribution in [1.29, 1.82) is 0 Å². The average Bonchev–Trinajstić information content (AvgIpc) is 2.98. The molecule has 80 valence electrons. The number of benzene rings is 1. The van der Waals surface area contributed by atoms with E-state index in [1.165, 1.54) is 12.1 Å². The lowest BCUT2D eigenvalue weighted by Crippen LogP contribution is -2.02. The normalized spacial score (nSPS) is 23.5. The van der Waals surface area contributed by atoms with E-state index in [2.05, 4.69) is 11.7 Å². The zero-order valence-corrected chi connectivity index (χ0v) is 8.94. The molecule has 0 saturated heterocycles.